The van der Waals surface area contributed by atoms with Gasteiger partial charge in [-0.3, -0.25) is 0 Å². The fourth-order valence-corrected chi connectivity index (χ4v) is 3.12. The molecule has 3 rings (SSSR count). The molecule has 1 nitrogen and oxygen atoms in total. The minimum absolute atomic E-state index is 1.06. The second kappa shape index (κ2) is 6.65. The Labute approximate surface area is 133 Å². The lowest BCUT2D eigenvalue weighted by molar-refractivity contribution is 0.659. The van der Waals surface area contributed by atoms with Crippen molar-refractivity contribution in [2.45, 2.75) is 33.2 Å². The van der Waals surface area contributed by atoms with Gasteiger partial charge >= 0.3 is 0 Å². The lowest BCUT2D eigenvalue weighted by Gasteiger charge is -2.13. The van der Waals surface area contributed by atoms with Crippen molar-refractivity contribution >= 4 is 0 Å². The van der Waals surface area contributed by atoms with Crippen molar-refractivity contribution in [3.05, 3.63) is 72.4 Å². The smallest absolute Gasteiger partial charge is 0.0562 e. The van der Waals surface area contributed by atoms with Crippen LogP contribution >= 0.6 is 0 Å². The molecule has 0 fully saturated rings. The molecular formula is C21H23N. The summed E-state index contributed by atoms with van der Waals surface area (Å²) in [6, 6.07) is 23.9. The second-order valence-electron chi connectivity index (χ2n) is 5.64. The van der Waals surface area contributed by atoms with Crippen LogP contribution in [0.25, 0.3) is 22.4 Å². The van der Waals surface area contributed by atoms with Crippen molar-refractivity contribution < 1.29 is 0 Å². The highest BCUT2D eigenvalue weighted by molar-refractivity contribution is 5.82. The van der Waals surface area contributed by atoms with Gasteiger partial charge in [-0.05, 0) is 30.0 Å². The minimum atomic E-state index is 1.06. The summed E-state index contributed by atoms with van der Waals surface area (Å²) < 4.78 is 2.50. The van der Waals surface area contributed by atoms with E-state index in [-0.39, 0.29) is 0 Å². The third kappa shape index (κ3) is 2.71. The Morgan fingerprint density at radius 2 is 1.36 bits per heavy atom. The first-order valence-electron chi connectivity index (χ1n) is 8.18. The fraction of sp³-hybridized carbons (Fsp3) is 0.238. The van der Waals surface area contributed by atoms with E-state index >= 15 is 0 Å². The maximum atomic E-state index is 2.50. The summed E-state index contributed by atoms with van der Waals surface area (Å²) in [5.41, 5.74) is 6.71. The lowest BCUT2D eigenvalue weighted by Crippen LogP contribution is -2.03. The second-order valence-corrected chi connectivity index (χ2v) is 5.64. The Kier molecular flexibility index (Phi) is 4.43. The molecule has 0 saturated carbocycles. The molecule has 112 valence electrons. The van der Waals surface area contributed by atoms with Crippen molar-refractivity contribution in [2.24, 2.45) is 0 Å². The molecule has 0 N–H and O–H groups in total. The van der Waals surface area contributed by atoms with E-state index in [2.05, 4.69) is 85.1 Å². The summed E-state index contributed by atoms with van der Waals surface area (Å²) in [7, 11) is 0. The van der Waals surface area contributed by atoms with Gasteiger partial charge in [-0.25, -0.2) is 0 Å². The standard InChI is InChI=1S/C21H23N/c1-3-15-22-19(4-2)16-20(17-11-7-5-8-12-17)21(22)18-13-9-6-10-14-18/h5-14,16H,3-4,15H2,1-2H3. The van der Waals surface area contributed by atoms with Gasteiger partial charge < -0.3 is 4.57 Å². The van der Waals surface area contributed by atoms with Gasteiger partial charge in [0.1, 0.15) is 0 Å². The molecule has 0 spiro atoms. The predicted octanol–water partition coefficient (Wildman–Crippen LogP) is 5.79. The van der Waals surface area contributed by atoms with Crippen molar-refractivity contribution in [1.82, 2.24) is 4.57 Å². The first-order chi connectivity index (χ1) is 10.8. The highest BCUT2D eigenvalue weighted by Gasteiger charge is 2.16. The van der Waals surface area contributed by atoms with Gasteiger partial charge in [0, 0.05) is 17.8 Å². The molecular weight excluding hydrogens is 266 g/mol. The quantitative estimate of drug-likeness (QED) is 0.560. The molecule has 1 heterocycles. The van der Waals surface area contributed by atoms with E-state index in [9.17, 15) is 0 Å². The molecule has 0 bridgehead atoms. The summed E-state index contributed by atoms with van der Waals surface area (Å²) >= 11 is 0. The minimum Gasteiger partial charge on any atom is -0.344 e. The van der Waals surface area contributed by atoms with E-state index in [1.165, 1.54) is 28.1 Å². The predicted molar refractivity (Wildman–Crippen MR) is 95.0 cm³/mol. The number of benzene rings is 2. The topological polar surface area (TPSA) is 4.93 Å². The van der Waals surface area contributed by atoms with Gasteiger partial charge in [0.15, 0.2) is 0 Å². The third-order valence-corrected chi connectivity index (χ3v) is 4.12. The first-order valence-corrected chi connectivity index (χ1v) is 8.18. The van der Waals surface area contributed by atoms with Gasteiger partial charge in [-0.2, -0.15) is 0 Å². The average molecular weight is 289 g/mol. The molecule has 2 aromatic carbocycles. The van der Waals surface area contributed by atoms with Crippen LogP contribution in [0.4, 0.5) is 0 Å². The van der Waals surface area contributed by atoms with Crippen LogP contribution in [0.2, 0.25) is 0 Å². The van der Waals surface area contributed by atoms with Gasteiger partial charge in [-0.1, -0.05) is 74.5 Å². The fourth-order valence-electron chi connectivity index (χ4n) is 3.12. The van der Waals surface area contributed by atoms with Gasteiger partial charge in [0.2, 0.25) is 0 Å². The van der Waals surface area contributed by atoms with E-state index in [1.54, 1.807) is 0 Å². The van der Waals surface area contributed by atoms with E-state index in [0.29, 0.717) is 0 Å². The Balaban J connectivity index is 2.25. The molecule has 0 atom stereocenters. The highest BCUT2D eigenvalue weighted by atomic mass is 15.0. The number of aromatic nitrogens is 1. The van der Waals surface area contributed by atoms with Crippen molar-refractivity contribution in [2.75, 3.05) is 0 Å². The van der Waals surface area contributed by atoms with Crippen LogP contribution in [-0.4, -0.2) is 4.57 Å². The van der Waals surface area contributed by atoms with E-state index in [0.717, 1.165) is 19.4 Å². The van der Waals surface area contributed by atoms with Crippen LogP contribution in [0.15, 0.2) is 66.7 Å². The van der Waals surface area contributed by atoms with Gasteiger partial charge in [0.05, 0.1) is 5.69 Å². The Bertz CT molecular complexity index is 723. The highest BCUT2D eigenvalue weighted by Crippen LogP contribution is 2.35. The lowest BCUT2D eigenvalue weighted by atomic mass is 10.0. The summed E-state index contributed by atoms with van der Waals surface area (Å²) in [5.74, 6) is 0. The number of hydrogen-bond acceptors (Lipinski definition) is 0. The van der Waals surface area contributed by atoms with Crippen molar-refractivity contribution in [1.29, 1.82) is 0 Å². The summed E-state index contributed by atoms with van der Waals surface area (Å²) in [6.45, 7) is 5.56. The van der Waals surface area contributed by atoms with Gasteiger partial charge in [-0.15, -0.1) is 0 Å². The number of nitrogens with zero attached hydrogens (tertiary/aromatic N) is 1. The Morgan fingerprint density at radius 3 is 1.91 bits per heavy atom. The molecule has 1 aromatic heterocycles. The molecule has 0 saturated heterocycles. The number of rotatable bonds is 5. The zero-order valence-corrected chi connectivity index (χ0v) is 13.4. The van der Waals surface area contributed by atoms with E-state index < -0.39 is 0 Å². The van der Waals surface area contributed by atoms with Gasteiger partial charge in [0.25, 0.3) is 0 Å². The first kappa shape index (κ1) is 14.6. The normalized spacial score (nSPS) is 10.8. The molecule has 1 heteroatoms. The number of aryl methyl sites for hydroxylation is 1. The van der Waals surface area contributed by atoms with Crippen LogP contribution < -0.4 is 0 Å². The zero-order valence-electron chi connectivity index (χ0n) is 13.4. The maximum Gasteiger partial charge on any atom is 0.0562 e. The monoisotopic (exact) mass is 289 g/mol. The van der Waals surface area contributed by atoms with Crippen molar-refractivity contribution in [3.63, 3.8) is 0 Å². The van der Waals surface area contributed by atoms with E-state index in [4.69, 9.17) is 0 Å². The summed E-state index contributed by atoms with van der Waals surface area (Å²) in [5, 5.41) is 0. The zero-order chi connectivity index (χ0) is 15.4. The van der Waals surface area contributed by atoms with Crippen LogP contribution in [0.3, 0.4) is 0 Å². The molecule has 22 heavy (non-hydrogen) atoms. The van der Waals surface area contributed by atoms with E-state index in [1.807, 2.05) is 0 Å². The molecule has 0 aliphatic carbocycles. The molecule has 0 radical (unpaired) electrons. The van der Waals surface area contributed by atoms with Crippen molar-refractivity contribution in [3.8, 4) is 22.4 Å². The molecule has 0 amide bonds. The van der Waals surface area contributed by atoms with Crippen LogP contribution in [-0.2, 0) is 13.0 Å². The average Bonchev–Trinajstić information content (AvgIpc) is 2.95. The van der Waals surface area contributed by atoms with Crippen LogP contribution in [0.5, 0.6) is 0 Å². The Hall–Kier alpha value is -2.28. The third-order valence-electron chi connectivity index (χ3n) is 4.12. The largest absolute Gasteiger partial charge is 0.344 e. The molecule has 0 aliphatic heterocycles. The van der Waals surface area contributed by atoms with Crippen LogP contribution in [0.1, 0.15) is 26.0 Å². The summed E-state index contributed by atoms with van der Waals surface area (Å²) in [4.78, 5) is 0. The summed E-state index contributed by atoms with van der Waals surface area (Å²) in [6.07, 6.45) is 2.21. The maximum absolute atomic E-state index is 2.50. The molecule has 3 aromatic rings. The SMILES string of the molecule is CCCn1c(CC)cc(-c2ccccc2)c1-c1ccccc1. The number of hydrogen-bond donors (Lipinski definition) is 0. The van der Waals surface area contributed by atoms with Crippen LogP contribution in [0, 0.1) is 0 Å². The molecule has 0 unspecified atom stereocenters. The Morgan fingerprint density at radius 1 is 0.773 bits per heavy atom. The molecule has 0 aliphatic rings.